The molecule has 1 saturated heterocycles. The first kappa shape index (κ1) is 15.5. The van der Waals surface area contributed by atoms with E-state index in [0.29, 0.717) is 0 Å². The van der Waals surface area contributed by atoms with Gasteiger partial charge in [0.2, 0.25) is 0 Å². The number of aromatic amines is 1. The molecule has 1 aliphatic heterocycles. The van der Waals surface area contributed by atoms with Crippen LogP contribution < -0.4 is 11.2 Å². The number of H-pyrrole nitrogens is 1. The summed E-state index contributed by atoms with van der Waals surface area (Å²) in [4.78, 5) is 24.9. The number of ether oxygens (including phenoxy) is 1. The van der Waals surface area contributed by atoms with Crippen LogP contribution >= 0.6 is 0 Å². The molecule has 0 aromatic carbocycles. The molecule has 7 heteroatoms. The third kappa shape index (κ3) is 2.30. The van der Waals surface area contributed by atoms with E-state index in [0.717, 1.165) is 10.6 Å². The molecule has 0 amide bonds. The van der Waals surface area contributed by atoms with Crippen molar-refractivity contribution < 1.29 is 14.2 Å². The minimum atomic E-state index is -1.54. The molecule has 0 bridgehead atoms. The monoisotopic (exact) mass is 296 g/mol. The van der Waals surface area contributed by atoms with Gasteiger partial charge in [0.1, 0.15) is 11.7 Å². The maximum absolute atomic E-state index is 14.6. The Morgan fingerprint density at radius 2 is 2.33 bits per heavy atom. The number of nitrogens with zero attached hydrogens (tertiary/aromatic N) is 1. The van der Waals surface area contributed by atoms with Crippen molar-refractivity contribution >= 4 is 0 Å². The highest BCUT2D eigenvalue weighted by Crippen LogP contribution is 2.46. The fraction of sp³-hybridized carbons (Fsp3) is 0.571. The molecule has 1 aromatic heterocycles. The molecule has 0 aliphatic carbocycles. The standard InChI is InChI=1S/C14H17FN2O4/c1-4-9(18)14(5-2)8(3)11(15)12(21-14)17-7-6-10(19)16-13(17)20/h1,6-9,11-12,18H,5H2,2-3H3,(H,16,19,20)/t8-,9?,11+,12+,14+/m0/s1. The number of alkyl halides is 1. The number of aliphatic hydroxyl groups is 1. The van der Waals surface area contributed by atoms with Gasteiger partial charge < -0.3 is 9.84 Å². The Balaban J connectivity index is 2.47. The quantitative estimate of drug-likeness (QED) is 0.780. The molecule has 114 valence electrons. The van der Waals surface area contributed by atoms with Crippen molar-refractivity contribution in [2.24, 2.45) is 5.92 Å². The third-order valence-electron chi connectivity index (χ3n) is 4.16. The first-order valence-corrected chi connectivity index (χ1v) is 6.65. The molecule has 0 radical (unpaired) electrons. The Hall–Kier alpha value is -1.91. The van der Waals surface area contributed by atoms with E-state index in [9.17, 15) is 19.1 Å². The summed E-state index contributed by atoms with van der Waals surface area (Å²) >= 11 is 0. The largest absolute Gasteiger partial charge is 0.377 e. The zero-order chi connectivity index (χ0) is 15.8. The van der Waals surface area contributed by atoms with Crippen LogP contribution in [0.4, 0.5) is 4.39 Å². The second-order valence-corrected chi connectivity index (χ2v) is 5.14. The summed E-state index contributed by atoms with van der Waals surface area (Å²) < 4.78 is 21.2. The van der Waals surface area contributed by atoms with Crippen LogP contribution in [0.25, 0.3) is 0 Å². The molecule has 1 aliphatic rings. The molecule has 6 nitrogen and oxygen atoms in total. The molecule has 0 saturated carbocycles. The van der Waals surface area contributed by atoms with Crippen molar-refractivity contribution in [1.29, 1.82) is 0 Å². The normalized spacial score (nSPS) is 33.6. The number of aromatic nitrogens is 2. The number of hydrogen-bond acceptors (Lipinski definition) is 4. The summed E-state index contributed by atoms with van der Waals surface area (Å²) in [6.45, 7) is 3.30. The molecule has 2 N–H and O–H groups in total. The molecule has 1 aromatic rings. The van der Waals surface area contributed by atoms with Crippen LogP contribution in [0.15, 0.2) is 21.9 Å². The molecule has 0 spiro atoms. The lowest BCUT2D eigenvalue weighted by molar-refractivity contribution is -0.135. The lowest BCUT2D eigenvalue weighted by Crippen LogP contribution is -2.46. The van der Waals surface area contributed by atoms with Crippen molar-refractivity contribution in [2.45, 2.75) is 44.4 Å². The average Bonchev–Trinajstić information content (AvgIpc) is 2.72. The molecule has 2 heterocycles. The summed E-state index contributed by atoms with van der Waals surface area (Å²) in [5.74, 6) is 1.45. The second kappa shape index (κ2) is 5.47. The molecule has 5 atom stereocenters. The number of hydrogen-bond donors (Lipinski definition) is 2. The van der Waals surface area contributed by atoms with Gasteiger partial charge in [-0.1, -0.05) is 19.8 Å². The minimum absolute atomic E-state index is 0.286. The molecule has 21 heavy (non-hydrogen) atoms. The van der Waals surface area contributed by atoms with E-state index in [-0.39, 0.29) is 6.42 Å². The lowest BCUT2D eigenvalue weighted by Gasteiger charge is -2.33. The molecule has 1 unspecified atom stereocenters. The van der Waals surface area contributed by atoms with Gasteiger partial charge in [-0.25, -0.2) is 9.18 Å². The Labute approximate surface area is 120 Å². The van der Waals surface area contributed by atoms with Gasteiger partial charge >= 0.3 is 5.69 Å². The molecular formula is C14H17FN2O4. The zero-order valence-corrected chi connectivity index (χ0v) is 11.7. The fourth-order valence-electron chi connectivity index (χ4n) is 2.80. The van der Waals surface area contributed by atoms with Crippen LogP contribution in [0.1, 0.15) is 26.5 Å². The van der Waals surface area contributed by atoms with E-state index in [1.165, 1.54) is 6.20 Å². The predicted molar refractivity (Wildman–Crippen MR) is 73.4 cm³/mol. The van der Waals surface area contributed by atoms with E-state index in [1.54, 1.807) is 13.8 Å². The highest BCUT2D eigenvalue weighted by Gasteiger charge is 2.56. The highest BCUT2D eigenvalue weighted by atomic mass is 19.1. The van der Waals surface area contributed by atoms with Crippen LogP contribution in [0.3, 0.4) is 0 Å². The predicted octanol–water partition coefficient (Wildman–Crippen LogP) is 0.182. The maximum atomic E-state index is 14.6. The second-order valence-electron chi connectivity index (χ2n) is 5.14. The first-order valence-electron chi connectivity index (χ1n) is 6.65. The van der Waals surface area contributed by atoms with Crippen molar-refractivity contribution in [3.05, 3.63) is 33.1 Å². The lowest BCUT2D eigenvalue weighted by atomic mass is 9.81. The fourth-order valence-corrected chi connectivity index (χ4v) is 2.80. The van der Waals surface area contributed by atoms with Crippen molar-refractivity contribution in [3.63, 3.8) is 0 Å². The van der Waals surface area contributed by atoms with Gasteiger partial charge in [0.05, 0.1) is 0 Å². The highest BCUT2D eigenvalue weighted by molar-refractivity contribution is 5.12. The van der Waals surface area contributed by atoms with E-state index in [4.69, 9.17) is 11.2 Å². The van der Waals surface area contributed by atoms with Crippen LogP contribution in [0, 0.1) is 18.3 Å². The van der Waals surface area contributed by atoms with Crippen LogP contribution in [0.5, 0.6) is 0 Å². The van der Waals surface area contributed by atoms with Crippen LogP contribution in [0.2, 0.25) is 0 Å². The molecule has 1 fully saturated rings. The van der Waals surface area contributed by atoms with Crippen LogP contribution in [-0.4, -0.2) is 32.5 Å². The Kier molecular flexibility index (Phi) is 4.03. The van der Waals surface area contributed by atoms with Crippen molar-refractivity contribution in [3.8, 4) is 12.3 Å². The van der Waals surface area contributed by atoms with Gasteiger partial charge in [-0.3, -0.25) is 14.3 Å². The molecule has 2 rings (SSSR count). The summed E-state index contributed by atoms with van der Waals surface area (Å²) in [6, 6.07) is 1.10. The SMILES string of the molecule is C#CC(O)[C@]1(CC)O[C@@H](n2ccc(=O)[nH]c2=O)[C@H](F)[C@@H]1C. The molecular weight excluding hydrogens is 279 g/mol. The van der Waals surface area contributed by atoms with Gasteiger partial charge in [-0.2, -0.15) is 0 Å². The topological polar surface area (TPSA) is 84.3 Å². The number of rotatable bonds is 3. The van der Waals surface area contributed by atoms with Gasteiger partial charge in [-0.05, 0) is 6.42 Å². The summed E-state index contributed by atoms with van der Waals surface area (Å²) in [6.07, 6.45) is 2.61. The minimum Gasteiger partial charge on any atom is -0.377 e. The number of aliphatic hydroxyl groups excluding tert-OH is 1. The number of halogens is 1. The zero-order valence-electron chi connectivity index (χ0n) is 11.7. The van der Waals surface area contributed by atoms with E-state index in [1.807, 2.05) is 4.98 Å². The maximum Gasteiger partial charge on any atom is 0.330 e. The number of terminal acetylenes is 1. The Bertz CT molecular complexity index is 677. The summed E-state index contributed by atoms with van der Waals surface area (Å²) in [5.41, 5.74) is -2.62. The average molecular weight is 296 g/mol. The third-order valence-corrected chi connectivity index (χ3v) is 4.16. The van der Waals surface area contributed by atoms with Crippen molar-refractivity contribution in [1.82, 2.24) is 9.55 Å². The van der Waals surface area contributed by atoms with E-state index in [2.05, 4.69) is 5.92 Å². The van der Waals surface area contributed by atoms with E-state index >= 15 is 0 Å². The summed E-state index contributed by atoms with van der Waals surface area (Å²) in [5, 5.41) is 10.0. The Morgan fingerprint density at radius 3 is 2.86 bits per heavy atom. The van der Waals surface area contributed by atoms with Crippen LogP contribution in [-0.2, 0) is 4.74 Å². The smallest absolute Gasteiger partial charge is 0.330 e. The first-order chi connectivity index (χ1) is 9.87. The van der Waals surface area contributed by atoms with Gasteiger partial charge in [-0.15, -0.1) is 6.42 Å². The van der Waals surface area contributed by atoms with Gasteiger partial charge in [0.15, 0.2) is 12.4 Å². The van der Waals surface area contributed by atoms with E-state index < -0.39 is 41.3 Å². The van der Waals surface area contributed by atoms with Crippen molar-refractivity contribution in [2.75, 3.05) is 0 Å². The Morgan fingerprint density at radius 1 is 1.67 bits per heavy atom. The van der Waals surface area contributed by atoms with Gasteiger partial charge in [0, 0.05) is 18.2 Å². The number of nitrogens with one attached hydrogen (secondary N) is 1. The summed E-state index contributed by atoms with van der Waals surface area (Å²) in [7, 11) is 0. The van der Waals surface area contributed by atoms with Gasteiger partial charge in [0.25, 0.3) is 5.56 Å².